The Bertz CT molecular complexity index is 944. The topological polar surface area (TPSA) is 102 Å². The van der Waals surface area contributed by atoms with Gasteiger partial charge in [0, 0.05) is 24.5 Å². The molecule has 0 atom stereocenters. The van der Waals surface area contributed by atoms with Crippen LogP contribution in [0.25, 0.3) is 0 Å². The highest BCUT2D eigenvalue weighted by molar-refractivity contribution is 7.98. The Kier molecular flexibility index (Phi) is 6.92. The first-order valence-corrected chi connectivity index (χ1v) is 10.1. The van der Waals surface area contributed by atoms with E-state index in [1.807, 2.05) is 6.07 Å². The minimum absolute atomic E-state index is 0.132. The molecule has 8 nitrogen and oxygen atoms in total. The number of thioether (sulfide) groups is 1. The lowest BCUT2D eigenvalue weighted by Gasteiger charge is -2.24. The van der Waals surface area contributed by atoms with E-state index < -0.39 is 18.5 Å². The molecule has 2 aromatic rings. The number of nitriles is 1. The average molecular weight is 413 g/mol. The quantitative estimate of drug-likeness (QED) is 0.504. The highest BCUT2D eigenvalue weighted by atomic mass is 32.2. The number of hydrogen-bond acceptors (Lipinski definition) is 8. The molecule has 1 aromatic heterocycles. The number of fused-ring (bicyclic) bond motifs is 1. The maximum Gasteiger partial charge on any atom is 0.341 e. The molecule has 1 aliphatic rings. The molecule has 0 spiro atoms. The first-order chi connectivity index (χ1) is 14.1. The van der Waals surface area contributed by atoms with Gasteiger partial charge in [-0.3, -0.25) is 4.79 Å². The maximum absolute atomic E-state index is 12.8. The molecule has 0 aliphatic carbocycles. The van der Waals surface area contributed by atoms with Crippen LogP contribution in [0, 0.1) is 11.3 Å². The molecule has 1 aliphatic heterocycles. The summed E-state index contributed by atoms with van der Waals surface area (Å²) in [4.78, 5) is 30.6. The largest absolute Gasteiger partial charge is 0.486 e. The first kappa shape index (κ1) is 20.5. The van der Waals surface area contributed by atoms with Gasteiger partial charge in [-0.2, -0.15) is 5.26 Å². The number of ether oxygens (including phenoxy) is 3. The van der Waals surface area contributed by atoms with Crippen molar-refractivity contribution < 1.29 is 23.8 Å². The van der Waals surface area contributed by atoms with Crippen molar-refractivity contribution in [3.8, 4) is 17.6 Å². The van der Waals surface area contributed by atoms with Crippen molar-refractivity contribution in [2.45, 2.75) is 11.4 Å². The molecule has 1 amide bonds. The van der Waals surface area contributed by atoms with Gasteiger partial charge in [-0.15, -0.1) is 11.8 Å². The Morgan fingerprint density at radius 1 is 1.28 bits per heavy atom. The van der Waals surface area contributed by atoms with E-state index in [-0.39, 0.29) is 13.0 Å². The minimum atomic E-state index is -0.627. The van der Waals surface area contributed by atoms with Crippen LogP contribution in [0.5, 0.6) is 11.5 Å². The summed E-state index contributed by atoms with van der Waals surface area (Å²) in [5, 5.41) is 9.46. The van der Waals surface area contributed by atoms with E-state index in [9.17, 15) is 9.59 Å². The van der Waals surface area contributed by atoms with Crippen LogP contribution in [0.2, 0.25) is 0 Å². The van der Waals surface area contributed by atoms with Gasteiger partial charge in [0.2, 0.25) is 0 Å². The second kappa shape index (κ2) is 9.80. The number of amides is 1. The van der Waals surface area contributed by atoms with Gasteiger partial charge in [-0.1, -0.05) is 0 Å². The zero-order chi connectivity index (χ0) is 20.6. The normalized spacial score (nSPS) is 12.0. The number of carbonyl (C=O) groups excluding carboxylic acids is 2. The van der Waals surface area contributed by atoms with E-state index in [1.165, 1.54) is 16.7 Å². The first-order valence-electron chi connectivity index (χ1n) is 8.87. The number of anilines is 1. The lowest BCUT2D eigenvalue weighted by Crippen LogP contribution is -2.35. The SMILES string of the molecule is CSc1ncccc1C(=O)OCC(=O)N(CCC#N)c1ccc2c(c1)OCCO2. The van der Waals surface area contributed by atoms with Gasteiger partial charge in [0.05, 0.1) is 18.1 Å². The Balaban J connectivity index is 1.72. The molecule has 2 heterocycles. The van der Waals surface area contributed by atoms with Crippen LogP contribution >= 0.6 is 11.8 Å². The molecule has 150 valence electrons. The molecule has 0 radical (unpaired) electrons. The highest BCUT2D eigenvalue weighted by Gasteiger charge is 2.22. The summed E-state index contributed by atoms with van der Waals surface area (Å²) in [6, 6.07) is 10.3. The van der Waals surface area contributed by atoms with Crippen molar-refractivity contribution in [1.29, 1.82) is 5.26 Å². The summed E-state index contributed by atoms with van der Waals surface area (Å²) in [5.74, 6) is 0.0545. The average Bonchev–Trinajstić information content (AvgIpc) is 2.77. The number of benzene rings is 1. The van der Waals surface area contributed by atoms with Crippen LogP contribution in [-0.4, -0.2) is 49.5 Å². The maximum atomic E-state index is 12.8. The minimum Gasteiger partial charge on any atom is -0.486 e. The molecule has 0 saturated carbocycles. The van der Waals surface area contributed by atoms with Crippen LogP contribution in [0.1, 0.15) is 16.8 Å². The fourth-order valence-electron chi connectivity index (χ4n) is 2.75. The summed E-state index contributed by atoms with van der Waals surface area (Å²) in [5.41, 5.74) is 0.840. The van der Waals surface area contributed by atoms with Crippen molar-refractivity contribution in [2.24, 2.45) is 0 Å². The van der Waals surface area contributed by atoms with E-state index in [1.54, 1.807) is 42.8 Å². The Morgan fingerprint density at radius 3 is 2.83 bits per heavy atom. The third-order valence-electron chi connectivity index (χ3n) is 4.10. The summed E-state index contributed by atoms with van der Waals surface area (Å²) >= 11 is 1.32. The third kappa shape index (κ3) is 4.97. The van der Waals surface area contributed by atoms with E-state index in [2.05, 4.69) is 4.98 Å². The lowest BCUT2D eigenvalue weighted by molar-refractivity contribution is -0.121. The third-order valence-corrected chi connectivity index (χ3v) is 4.81. The molecule has 3 rings (SSSR count). The molecular weight excluding hydrogens is 394 g/mol. The Morgan fingerprint density at radius 2 is 2.07 bits per heavy atom. The molecular formula is C20H19N3O5S. The molecule has 9 heteroatoms. The molecule has 0 fully saturated rings. The van der Waals surface area contributed by atoms with Gasteiger partial charge >= 0.3 is 5.97 Å². The lowest BCUT2D eigenvalue weighted by atomic mass is 10.2. The van der Waals surface area contributed by atoms with Crippen molar-refractivity contribution in [3.63, 3.8) is 0 Å². The van der Waals surface area contributed by atoms with Crippen molar-refractivity contribution in [3.05, 3.63) is 42.1 Å². The van der Waals surface area contributed by atoms with Crippen LogP contribution in [0.4, 0.5) is 5.69 Å². The number of carbonyl (C=O) groups is 2. The number of aromatic nitrogens is 1. The standard InChI is InChI=1S/C20H19N3O5S/c1-29-19-15(4-2-8-22-19)20(25)28-13-18(24)23(9-3-7-21)14-5-6-16-17(12-14)27-11-10-26-16/h2,4-6,8,12H,3,9-11,13H2,1H3. The van der Waals surface area contributed by atoms with E-state index in [4.69, 9.17) is 19.5 Å². The van der Waals surface area contributed by atoms with E-state index in [0.29, 0.717) is 41.0 Å². The number of esters is 1. The highest BCUT2D eigenvalue weighted by Crippen LogP contribution is 2.34. The van der Waals surface area contributed by atoms with Crippen LogP contribution in [0.15, 0.2) is 41.6 Å². The summed E-state index contributed by atoms with van der Waals surface area (Å²) < 4.78 is 16.3. The number of nitrogens with zero attached hydrogens (tertiary/aromatic N) is 3. The zero-order valence-electron chi connectivity index (χ0n) is 15.8. The molecule has 1 aromatic carbocycles. The van der Waals surface area contributed by atoms with Crippen molar-refractivity contribution in [2.75, 3.05) is 37.5 Å². The predicted octanol–water partition coefficient (Wildman–Crippen LogP) is 2.68. The summed E-state index contributed by atoms with van der Waals surface area (Å²) in [7, 11) is 0. The smallest absolute Gasteiger partial charge is 0.341 e. The van der Waals surface area contributed by atoms with Crippen molar-refractivity contribution in [1.82, 2.24) is 4.98 Å². The van der Waals surface area contributed by atoms with Gasteiger partial charge in [-0.25, -0.2) is 9.78 Å². The van der Waals surface area contributed by atoms with Gasteiger partial charge in [0.25, 0.3) is 5.91 Å². The monoisotopic (exact) mass is 413 g/mol. The predicted molar refractivity (Wildman–Crippen MR) is 106 cm³/mol. The Labute approximate surface area is 172 Å². The molecule has 0 N–H and O–H groups in total. The van der Waals surface area contributed by atoms with E-state index in [0.717, 1.165) is 0 Å². The zero-order valence-corrected chi connectivity index (χ0v) is 16.6. The van der Waals surface area contributed by atoms with Crippen LogP contribution in [-0.2, 0) is 9.53 Å². The number of hydrogen-bond donors (Lipinski definition) is 0. The van der Waals surface area contributed by atoms with Crippen LogP contribution < -0.4 is 14.4 Å². The second-order valence-corrected chi connectivity index (χ2v) is 6.71. The van der Waals surface area contributed by atoms with Gasteiger partial charge < -0.3 is 19.1 Å². The molecule has 0 bridgehead atoms. The van der Waals surface area contributed by atoms with Gasteiger partial charge in [0.1, 0.15) is 18.2 Å². The molecule has 0 unspecified atom stereocenters. The van der Waals surface area contributed by atoms with Gasteiger partial charge in [-0.05, 0) is 30.5 Å². The van der Waals surface area contributed by atoms with Crippen LogP contribution in [0.3, 0.4) is 0 Å². The number of rotatable bonds is 7. The van der Waals surface area contributed by atoms with Gasteiger partial charge in [0.15, 0.2) is 18.1 Å². The number of pyridine rings is 1. The fraction of sp³-hybridized carbons (Fsp3) is 0.300. The van der Waals surface area contributed by atoms with Crippen molar-refractivity contribution >= 4 is 29.3 Å². The van der Waals surface area contributed by atoms with E-state index >= 15 is 0 Å². The second-order valence-electron chi connectivity index (χ2n) is 5.92. The summed E-state index contributed by atoms with van der Waals surface area (Å²) in [6.07, 6.45) is 3.52. The summed E-state index contributed by atoms with van der Waals surface area (Å²) in [6.45, 7) is 0.589. The molecule has 0 saturated heterocycles. The Hall–Kier alpha value is -3.25. The molecule has 29 heavy (non-hydrogen) atoms. The fourth-order valence-corrected chi connectivity index (χ4v) is 3.29.